The number of hydrazine groups is 2. The van der Waals surface area contributed by atoms with E-state index in [1.165, 1.54) is 7.05 Å². The van der Waals surface area contributed by atoms with Crippen molar-refractivity contribution in [2.45, 2.75) is 0 Å². The maximum atomic E-state index is 9.52. The van der Waals surface area contributed by atoms with Gasteiger partial charge >= 0.3 is 0 Å². The number of amides is 1. The lowest BCUT2D eigenvalue weighted by Gasteiger charge is -2.03. The fourth-order valence-corrected chi connectivity index (χ4v) is 0.0304. The molecule has 3 N–H and O–H groups in total. The van der Waals surface area contributed by atoms with Crippen molar-refractivity contribution in [3.8, 4) is 0 Å². The van der Waals surface area contributed by atoms with Gasteiger partial charge in [-0.05, 0) is 0 Å². The highest BCUT2D eigenvalue weighted by Gasteiger charge is 1.77. The van der Waals surface area contributed by atoms with E-state index >= 15 is 0 Å². The molecule has 6 heavy (non-hydrogen) atoms. The molecule has 0 aliphatic rings. The van der Waals surface area contributed by atoms with Gasteiger partial charge in [0.2, 0.25) is 6.41 Å². The van der Waals surface area contributed by atoms with E-state index in [2.05, 4.69) is 5.53 Å². The second-order valence-corrected chi connectivity index (χ2v) is 0.845. The lowest BCUT2D eigenvalue weighted by atomic mass is 11.1. The lowest BCUT2D eigenvalue weighted by molar-refractivity contribution is -0.119. The van der Waals surface area contributed by atoms with Crippen molar-refractivity contribution < 1.29 is 4.79 Å². The highest BCUT2D eigenvalue weighted by atomic mass is 16.1. The van der Waals surface area contributed by atoms with Crippen LogP contribution in [0.1, 0.15) is 0 Å². The van der Waals surface area contributed by atoms with E-state index in [0.29, 0.717) is 6.41 Å². The molecule has 0 aromatic heterocycles. The summed E-state index contributed by atoms with van der Waals surface area (Å²) in [5.41, 5.74) is 2.08. The highest BCUT2D eigenvalue weighted by molar-refractivity contribution is 5.44. The van der Waals surface area contributed by atoms with E-state index in [1.807, 2.05) is 0 Å². The van der Waals surface area contributed by atoms with Gasteiger partial charge in [-0.3, -0.25) is 15.6 Å². The Kier molecular flexibility index (Phi) is 2.35. The van der Waals surface area contributed by atoms with Crippen molar-refractivity contribution in [3.05, 3.63) is 0 Å². The summed E-state index contributed by atoms with van der Waals surface area (Å²) in [7, 11) is 1.51. The first-order chi connectivity index (χ1) is 2.81. The summed E-state index contributed by atoms with van der Waals surface area (Å²) in [5.74, 6) is 4.73. The minimum atomic E-state index is 0.569. The van der Waals surface area contributed by atoms with Gasteiger partial charge in [0.25, 0.3) is 0 Å². The van der Waals surface area contributed by atoms with E-state index in [4.69, 9.17) is 5.84 Å². The predicted octanol–water partition coefficient (Wildman–Crippen LogP) is -1.55. The lowest BCUT2D eigenvalue weighted by Crippen LogP contribution is -2.38. The summed E-state index contributed by atoms with van der Waals surface area (Å²) in [6.45, 7) is 0. The Labute approximate surface area is 35.9 Å². The molecule has 0 heterocycles. The third kappa shape index (κ3) is 1.68. The van der Waals surface area contributed by atoms with Crippen molar-refractivity contribution in [1.82, 2.24) is 10.5 Å². The maximum absolute atomic E-state index is 9.52. The number of rotatable bonds is 2. The third-order valence-electron chi connectivity index (χ3n) is 0.362. The van der Waals surface area contributed by atoms with Gasteiger partial charge in [0.05, 0.1) is 0 Å². The first-order valence-corrected chi connectivity index (χ1v) is 1.45. The van der Waals surface area contributed by atoms with Crippen molar-refractivity contribution in [2.75, 3.05) is 7.05 Å². The second-order valence-electron chi connectivity index (χ2n) is 0.845. The predicted molar refractivity (Wildman–Crippen MR) is 21.2 cm³/mol. The molecule has 36 valence electrons. The molecule has 0 aliphatic heterocycles. The first kappa shape index (κ1) is 5.39. The Morgan fingerprint density at radius 3 is 2.50 bits per heavy atom. The van der Waals surface area contributed by atoms with Gasteiger partial charge in [-0.2, -0.15) is 5.53 Å². The Morgan fingerprint density at radius 1 is 2.00 bits per heavy atom. The van der Waals surface area contributed by atoms with Crippen LogP contribution < -0.4 is 11.4 Å². The molecular weight excluding hydrogens is 82.0 g/mol. The van der Waals surface area contributed by atoms with E-state index in [-0.39, 0.29) is 0 Å². The number of hydrogen-bond acceptors (Lipinski definition) is 3. The largest absolute Gasteiger partial charge is 0.277 e. The van der Waals surface area contributed by atoms with Crippen LogP contribution in [0, 0.1) is 0 Å². The Balaban J connectivity index is 2.96. The van der Waals surface area contributed by atoms with Crippen molar-refractivity contribution in [2.24, 2.45) is 5.84 Å². The van der Waals surface area contributed by atoms with Crippen molar-refractivity contribution in [1.29, 1.82) is 0 Å². The normalized spacial score (nSPS) is 7.67. The molecule has 0 radical (unpaired) electrons. The number of hydrogen-bond donors (Lipinski definition) is 2. The second kappa shape index (κ2) is 2.62. The van der Waals surface area contributed by atoms with Gasteiger partial charge < -0.3 is 0 Å². The summed E-state index contributed by atoms with van der Waals surface area (Å²) >= 11 is 0. The molecule has 0 spiro atoms. The molecule has 0 bridgehead atoms. The molecule has 0 unspecified atom stereocenters. The van der Waals surface area contributed by atoms with E-state index in [9.17, 15) is 4.79 Å². The SMILES string of the molecule is CN(C=O)NN. The molecule has 0 saturated heterocycles. The first-order valence-electron chi connectivity index (χ1n) is 1.45. The van der Waals surface area contributed by atoms with Crippen LogP contribution in [0.4, 0.5) is 0 Å². The molecule has 4 nitrogen and oxygen atoms in total. The van der Waals surface area contributed by atoms with Crippen LogP contribution in [0.2, 0.25) is 0 Å². The monoisotopic (exact) mass is 89.1 g/mol. The molecule has 0 saturated carbocycles. The molecule has 1 amide bonds. The minimum absolute atomic E-state index is 0.569. The van der Waals surface area contributed by atoms with Gasteiger partial charge in [0.15, 0.2) is 0 Å². The van der Waals surface area contributed by atoms with Crippen LogP contribution in [0.3, 0.4) is 0 Å². The molecule has 0 fully saturated rings. The van der Waals surface area contributed by atoms with E-state index in [0.717, 1.165) is 5.01 Å². The zero-order chi connectivity index (χ0) is 4.99. The average Bonchev–Trinajstić information content (AvgIpc) is 1.65. The number of nitrogens with two attached hydrogens (primary N) is 1. The van der Waals surface area contributed by atoms with Crippen LogP contribution in [0.5, 0.6) is 0 Å². The summed E-state index contributed by atoms with van der Waals surface area (Å²) < 4.78 is 0. The maximum Gasteiger partial charge on any atom is 0.224 e. The fraction of sp³-hybridized carbons (Fsp3) is 0.500. The van der Waals surface area contributed by atoms with Gasteiger partial charge in [0.1, 0.15) is 0 Å². The van der Waals surface area contributed by atoms with Gasteiger partial charge in [0, 0.05) is 7.05 Å². The number of carbonyl (C=O) groups is 1. The molecule has 0 aromatic rings. The molecule has 0 aliphatic carbocycles. The molecular formula is C2H7N3O. The van der Waals surface area contributed by atoms with Crippen LogP contribution >= 0.6 is 0 Å². The quantitative estimate of drug-likeness (QED) is 0.245. The zero-order valence-corrected chi connectivity index (χ0v) is 3.51. The Morgan fingerprint density at radius 2 is 2.50 bits per heavy atom. The molecule has 0 aromatic carbocycles. The van der Waals surface area contributed by atoms with Crippen molar-refractivity contribution >= 4 is 6.41 Å². The van der Waals surface area contributed by atoms with E-state index in [1.54, 1.807) is 0 Å². The molecule has 4 heteroatoms. The van der Waals surface area contributed by atoms with Gasteiger partial charge in [-0.25, -0.2) is 0 Å². The van der Waals surface area contributed by atoms with Crippen LogP contribution in [0.25, 0.3) is 0 Å². The van der Waals surface area contributed by atoms with E-state index < -0.39 is 0 Å². The standard InChI is InChI=1S/C2H7N3O/c1-5(2-6)4-3/h2,4H,3H2,1H3. The number of nitrogens with one attached hydrogen (secondary N) is 1. The zero-order valence-electron chi connectivity index (χ0n) is 3.51. The minimum Gasteiger partial charge on any atom is -0.277 e. The number of carbonyl (C=O) groups excluding carboxylic acids is 1. The average molecular weight is 89.1 g/mol. The summed E-state index contributed by atoms with van der Waals surface area (Å²) in [6.07, 6.45) is 0.569. The molecule has 0 atom stereocenters. The van der Waals surface area contributed by atoms with Crippen LogP contribution in [-0.2, 0) is 4.79 Å². The fourth-order valence-electron chi connectivity index (χ4n) is 0.0304. The summed E-state index contributed by atoms with van der Waals surface area (Å²) in [6, 6.07) is 0. The van der Waals surface area contributed by atoms with Crippen LogP contribution in [-0.4, -0.2) is 18.5 Å². The Bertz CT molecular complexity index is 46.1. The van der Waals surface area contributed by atoms with Crippen molar-refractivity contribution in [3.63, 3.8) is 0 Å². The molecule has 0 rings (SSSR count). The summed E-state index contributed by atoms with van der Waals surface area (Å²) in [5, 5.41) is 1.10. The Hall–Kier alpha value is -0.610. The van der Waals surface area contributed by atoms with Gasteiger partial charge in [-0.1, -0.05) is 0 Å². The summed E-state index contributed by atoms with van der Waals surface area (Å²) in [4.78, 5) is 9.52. The third-order valence-corrected chi connectivity index (χ3v) is 0.362. The van der Waals surface area contributed by atoms with Gasteiger partial charge in [-0.15, -0.1) is 0 Å². The topological polar surface area (TPSA) is 58.4 Å². The number of nitrogens with zero attached hydrogens (tertiary/aromatic N) is 1. The highest BCUT2D eigenvalue weighted by Crippen LogP contribution is 1.50. The van der Waals surface area contributed by atoms with Crippen LogP contribution in [0.15, 0.2) is 0 Å². The smallest absolute Gasteiger partial charge is 0.224 e.